The molecule has 0 saturated carbocycles. The Morgan fingerprint density at radius 1 is 1.40 bits per heavy atom. The first-order valence-corrected chi connectivity index (χ1v) is 7.95. The SMILES string of the molecule is COC(=O)CSc1nnc(CNC(=O)c2cccc([N+](=O)[O-])c2C)o1. The molecule has 0 saturated heterocycles. The van der Waals surface area contributed by atoms with Gasteiger partial charge in [-0.15, -0.1) is 10.2 Å². The molecule has 0 spiro atoms. The van der Waals surface area contributed by atoms with Gasteiger partial charge in [-0.25, -0.2) is 0 Å². The molecular formula is C14H14N4O6S. The van der Waals surface area contributed by atoms with Crippen LogP contribution in [0, 0.1) is 17.0 Å². The molecule has 0 bridgehead atoms. The van der Waals surface area contributed by atoms with Gasteiger partial charge in [0.1, 0.15) is 5.75 Å². The number of nitrogens with one attached hydrogen (secondary N) is 1. The number of methoxy groups -OCH3 is 1. The Bertz CT molecular complexity index is 806. The van der Waals surface area contributed by atoms with Crippen molar-refractivity contribution in [3.05, 3.63) is 45.3 Å². The zero-order valence-electron chi connectivity index (χ0n) is 13.3. The van der Waals surface area contributed by atoms with Crippen LogP contribution in [0.4, 0.5) is 5.69 Å². The lowest BCUT2D eigenvalue weighted by Gasteiger charge is -2.06. The summed E-state index contributed by atoms with van der Waals surface area (Å²) in [5, 5.41) is 21.1. The van der Waals surface area contributed by atoms with Crippen LogP contribution in [0.15, 0.2) is 27.8 Å². The fraction of sp³-hybridized carbons (Fsp3) is 0.286. The first kappa shape index (κ1) is 18.4. The van der Waals surface area contributed by atoms with E-state index >= 15 is 0 Å². The maximum absolute atomic E-state index is 12.2. The van der Waals surface area contributed by atoms with Gasteiger partial charge in [0.05, 0.1) is 18.6 Å². The molecule has 0 unspecified atom stereocenters. The van der Waals surface area contributed by atoms with Crippen LogP contribution in [0.25, 0.3) is 0 Å². The van der Waals surface area contributed by atoms with Gasteiger partial charge in [0.2, 0.25) is 5.89 Å². The molecule has 10 nitrogen and oxygen atoms in total. The van der Waals surface area contributed by atoms with E-state index in [4.69, 9.17) is 4.42 Å². The van der Waals surface area contributed by atoms with Crippen molar-refractivity contribution in [1.82, 2.24) is 15.5 Å². The first-order chi connectivity index (χ1) is 11.9. The highest BCUT2D eigenvalue weighted by molar-refractivity contribution is 7.99. The lowest BCUT2D eigenvalue weighted by atomic mass is 10.1. The maximum Gasteiger partial charge on any atom is 0.316 e. The summed E-state index contributed by atoms with van der Waals surface area (Å²) >= 11 is 1.01. The van der Waals surface area contributed by atoms with E-state index in [1.165, 1.54) is 32.2 Å². The molecule has 0 fully saturated rings. The average molecular weight is 366 g/mol. The molecule has 1 heterocycles. The van der Waals surface area contributed by atoms with Gasteiger partial charge >= 0.3 is 5.97 Å². The number of hydrogen-bond acceptors (Lipinski definition) is 9. The largest absolute Gasteiger partial charge is 0.468 e. The summed E-state index contributed by atoms with van der Waals surface area (Å²) in [6, 6.07) is 4.26. The zero-order valence-corrected chi connectivity index (χ0v) is 14.2. The molecule has 0 aliphatic rings. The lowest BCUT2D eigenvalue weighted by Crippen LogP contribution is -2.24. The molecule has 0 aliphatic heterocycles. The van der Waals surface area contributed by atoms with Crippen molar-refractivity contribution in [2.45, 2.75) is 18.7 Å². The van der Waals surface area contributed by atoms with Gasteiger partial charge in [-0.05, 0) is 13.0 Å². The van der Waals surface area contributed by atoms with Gasteiger partial charge in [0, 0.05) is 17.2 Å². The number of esters is 1. The Morgan fingerprint density at radius 3 is 2.84 bits per heavy atom. The predicted molar refractivity (Wildman–Crippen MR) is 86.0 cm³/mol. The standard InChI is InChI=1S/C14H14N4O6S/c1-8-9(4-3-5-10(8)18(21)22)13(20)15-6-11-16-17-14(24-11)25-7-12(19)23-2/h3-5H,6-7H2,1-2H3,(H,15,20). The zero-order chi connectivity index (χ0) is 18.4. The van der Waals surface area contributed by atoms with Crippen LogP contribution < -0.4 is 5.32 Å². The molecule has 132 valence electrons. The number of ether oxygens (including phenoxy) is 1. The maximum atomic E-state index is 12.2. The molecule has 0 atom stereocenters. The number of thioether (sulfide) groups is 1. The van der Waals surface area contributed by atoms with Crippen molar-refractivity contribution < 1.29 is 23.7 Å². The van der Waals surface area contributed by atoms with E-state index in [-0.39, 0.29) is 40.2 Å². The van der Waals surface area contributed by atoms with Crippen LogP contribution in [0.5, 0.6) is 0 Å². The summed E-state index contributed by atoms with van der Waals surface area (Å²) in [7, 11) is 1.27. The number of nitrogens with zero attached hydrogens (tertiary/aromatic N) is 3. The number of aromatic nitrogens is 2. The van der Waals surface area contributed by atoms with Crippen LogP contribution >= 0.6 is 11.8 Å². The molecule has 1 N–H and O–H groups in total. The second-order valence-electron chi connectivity index (χ2n) is 4.72. The van der Waals surface area contributed by atoms with Gasteiger partial charge in [-0.1, -0.05) is 17.8 Å². The number of hydrogen-bond donors (Lipinski definition) is 1. The number of amides is 1. The minimum atomic E-state index is -0.547. The van der Waals surface area contributed by atoms with Crippen LogP contribution in [0.3, 0.4) is 0 Å². The fourth-order valence-electron chi connectivity index (χ4n) is 1.87. The van der Waals surface area contributed by atoms with Crippen LogP contribution in [0.1, 0.15) is 21.8 Å². The van der Waals surface area contributed by atoms with Crippen molar-refractivity contribution in [3.8, 4) is 0 Å². The van der Waals surface area contributed by atoms with Crippen molar-refractivity contribution >= 4 is 29.3 Å². The third-order valence-electron chi connectivity index (χ3n) is 3.14. The molecule has 1 amide bonds. The molecule has 2 rings (SSSR count). The van der Waals surface area contributed by atoms with Gasteiger partial charge in [0.25, 0.3) is 16.8 Å². The highest BCUT2D eigenvalue weighted by atomic mass is 32.2. The molecule has 0 aliphatic carbocycles. The lowest BCUT2D eigenvalue weighted by molar-refractivity contribution is -0.385. The van der Waals surface area contributed by atoms with E-state index in [0.29, 0.717) is 0 Å². The number of carbonyl (C=O) groups excluding carboxylic acids is 2. The van der Waals surface area contributed by atoms with E-state index < -0.39 is 16.8 Å². The number of rotatable bonds is 7. The van der Waals surface area contributed by atoms with Crippen molar-refractivity contribution in [3.63, 3.8) is 0 Å². The summed E-state index contributed by atoms with van der Waals surface area (Å²) in [6.45, 7) is 1.45. The molecule has 11 heteroatoms. The minimum absolute atomic E-state index is 0.0252. The molecule has 1 aromatic carbocycles. The third kappa shape index (κ3) is 4.76. The van der Waals surface area contributed by atoms with Gasteiger partial charge < -0.3 is 14.5 Å². The Labute approximate surface area is 146 Å². The van der Waals surface area contributed by atoms with E-state index in [1.54, 1.807) is 0 Å². The summed E-state index contributed by atoms with van der Waals surface area (Å²) < 4.78 is 9.76. The summed E-state index contributed by atoms with van der Waals surface area (Å²) in [6.07, 6.45) is 0. The van der Waals surface area contributed by atoms with E-state index in [9.17, 15) is 19.7 Å². The van der Waals surface area contributed by atoms with Crippen molar-refractivity contribution in [2.24, 2.45) is 0 Å². The third-order valence-corrected chi connectivity index (χ3v) is 3.93. The average Bonchev–Trinajstić information content (AvgIpc) is 3.05. The Kier molecular flexibility index (Phi) is 6.06. The summed E-state index contributed by atoms with van der Waals surface area (Å²) in [5.74, 6) is -0.761. The van der Waals surface area contributed by atoms with E-state index in [2.05, 4.69) is 20.3 Å². The second-order valence-corrected chi connectivity index (χ2v) is 5.64. The number of nitro benzene ring substituents is 1. The molecule has 25 heavy (non-hydrogen) atoms. The van der Waals surface area contributed by atoms with E-state index in [1.807, 2.05) is 0 Å². The topological polar surface area (TPSA) is 137 Å². The Morgan fingerprint density at radius 2 is 2.16 bits per heavy atom. The highest BCUT2D eigenvalue weighted by Gasteiger charge is 2.18. The van der Waals surface area contributed by atoms with Crippen LogP contribution in [-0.4, -0.2) is 39.9 Å². The summed E-state index contributed by atoms with van der Waals surface area (Å²) in [5.41, 5.74) is 0.325. The van der Waals surface area contributed by atoms with Gasteiger partial charge in [0.15, 0.2) is 0 Å². The Hall–Kier alpha value is -2.95. The van der Waals surface area contributed by atoms with Crippen LogP contribution in [-0.2, 0) is 16.1 Å². The smallest absolute Gasteiger partial charge is 0.316 e. The fourth-order valence-corrected chi connectivity index (χ4v) is 2.48. The quantitative estimate of drug-likeness (QED) is 0.334. The molecule has 1 aromatic heterocycles. The van der Waals surface area contributed by atoms with E-state index in [0.717, 1.165) is 11.8 Å². The monoisotopic (exact) mass is 366 g/mol. The molecule has 0 radical (unpaired) electrons. The van der Waals surface area contributed by atoms with Gasteiger partial charge in [-0.2, -0.15) is 0 Å². The van der Waals surface area contributed by atoms with Crippen molar-refractivity contribution in [1.29, 1.82) is 0 Å². The molecule has 2 aromatic rings. The summed E-state index contributed by atoms with van der Waals surface area (Å²) in [4.78, 5) is 33.6. The number of carbonyl (C=O) groups is 2. The predicted octanol–water partition coefficient (Wildman–Crippen LogP) is 1.48. The first-order valence-electron chi connectivity index (χ1n) is 6.96. The minimum Gasteiger partial charge on any atom is -0.468 e. The molecular weight excluding hydrogens is 352 g/mol. The van der Waals surface area contributed by atoms with Crippen LogP contribution in [0.2, 0.25) is 0 Å². The number of nitro groups is 1. The van der Waals surface area contributed by atoms with Gasteiger partial charge in [-0.3, -0.25) is 19.7 Å². The normalized spacial score (nSPS) is 10.3. The van der Waals surface area contributed by atoms with Crippen molar-refractivity contribution in [2.75, 3.05) is 12.9 Å². The Balaban J connectivity index is 1.97. The second kappa shape index (κ2) is 8.24. The highest BCUT2D eigenvalue weighted by Crippen LogP contribution is 2.21. The number of benzene rings is 1.